The number of aliphatic hydroxyl groups is 1. The summed E-state index contributed by atoms with van der Waals surface area (Å²) in [4.78, 5) is 2.42. The summed E-state index contributed by atoms with van der Waals surface area (Å²) < 4.78 is 0. The van der Waals surface area contributed by atoms with Crippen LogP contribution in [0.4, 0.5) is 5.69 Å². The monoisotopic (exact) mass is 261 g/mol. The number of phenols is 1. The SMILES string of the molecule is CC(O)c1ccc(N(CC2CC2)CC2CC2)cc1O. The van der Waals surface area contributed by atoms with Gasteiger partial charge in [-0.05, 0) is 50.5 Å². The van der Waals surface area contributed by atoms with Crippen LogP contribution in [0.2, 0.25) is 0 Å². The zero-order chi connectivity index (χ0) is 13.4. The summed E-state index contributed by atoms with van der Waals surface area (Å²) in [5.41, 5.74) is 1.71. The van der Waals surface area contributed by atoms with Gasteiger partial charge in [-0.2, -0.15) is 0 Å². The van der Waals surface area contributed by atoms with Gasteiger partial charge in [0.25, 0.3) is 0 Å². The zero-order valence-electron chi connectivity index (χ0n) is 11.5. The fourth-order valence-electron chi connectivity index (χ4n) is 2.59. The highest BCUT2D eigenvalue weighted by atomic mass is 16.3. The van der Waals surface area contributed by atoms with Crippen molar-refractivity contribution in [3.63, 3.8) is 0 Å². The molecule has 2 N–H and O–H groups in total. The lowest BCUT2D eigenvalue weighted by atomic mass is 10.1. The predicted molar refractivity (Wildman–Crippen MR) is 76.4 cm³/mol. The highest BCUT2D eigenvalue weighted by Gasteiger charge is 2.29. The number of rotatable bonds is 6. The summed E-state index contributed by atoms with van der Waals surface area (Å²) in [7, 11) is 0. The van der Waals surface area contributed by atoms with Crippen LogP contribution in [0.1, 0.15) is 44.3 Å². The van der Waals surface area contributed by atoms with Crippen LogP contribution in [-0.4, -0.2) is 23.3 Å². The summed E-state index contributed by atoms with van der Waals surface area (Å²) in [5.74, 6) is 1.90. The fourth-order valence-corrected chi connectivity index (χ4v) is 2.59. The van der Waals surface area contributed by atoms with Crippen LogP contribution in [0.15, 0.2) is 18.2 Å². The summed E-state index contributed by atoms with van der Waals surface area (Å²) in [5, 5.41) is 19.6. The van der Waals surface area contributed by atoms with Gasteiger partial charge in [0.05, 0.1) is 6.10 Å². The number of benzene rings is 1. The minimum Gasteiger partial charge on any atom is -0.507 e. The van der Waals surface area contributed by atoms with Gasteiger partial charge in [-0.25, -0.2) is 0 Å². The summed E-state index contributed by atoms with van der Waals surface area (Å²) in [6.07, 6.45) is 4.77. The Morgan fingerprint density at radius 2 is 1.74 bits per heavy atom. The Morgan fingerprint density at radius 3 is 2.16 bits per heavy atom. The van der Waals surface area contributed by atoms with Crippen LogP contribution < -0.4 is 4.90 Å². The van der Waals surface area contributed by atoms with Crippen molar-refractivity contribution in [2.75, 3.05) is 18.0 Å². The molecule has 1 aromatic rings. The molecule has 1 aromatic carbocycles. The molecular formula is C16H23NO2. The van der Waals surface area contributed by atoms with Crippen molar-refractivity contribution in [1.29, 1.82) is 0 Å². The van der Waals surface area contributed by atoms with E-state index in [1.54, 1.807) is 6.92 Å². The lowest BCUT2D eigenvalue weighted by molar-refractivity contribution is 0.195. The van der Waals surface area contributed by atoms with E-state index in [0.717, 1.165) is 30.6 Å². The molecule has 19 heavy (non-hydrogen) atoms. The molecule has 0 bridgehead atoms. The molecule has 0 aromatic heterocycles. The highest BCUT2D eigenvalue weighted by molar-refractivity contribution is 5.54. The number of hydrogen-bond acceptors (Lipinski definition) is 3. The predicted octanol–water partition coefficient (Wildman–Crippen LogP) is 3.07. The Kier molecular flexibility index (Phi) is 3.40. The highest BCUT2D eigenvalue weighted by Crippen LogP contribution is 2.37. The third-order valence-electron chi connectivity index (χ3n) is 4.18. The molecule has 3 heteroatoms. The van der Waals surface area contributed by atoms with Crippen molar-refractivity contribution in [2.24, 2.45) is 11.8 Å². The lowest BCUT2D eigenvalue weighted by Crippen LogP contribution is -2.28. The number of aliphatic hydroxyl groups excluding tert-OH is 1. The maximum absolute atomic E-state index is 10.0. The molecule has 0 radical (unpaired) electrons. The van der Waals surface area contributed by atoms with Gasteiger partial charge in [0.1, 0.15) is 5.75 Å². The normalized spacial score (nSPS) is 20.3. The zero-order valence-corrected chi connectivity index (χ0v) is 11.5. The summed E-state index contributed by atoms with van der Waals surface area (Å²) >= 11 is 0. The number of hydrogen-bond donors (Lipinski definition) is 2. The Balaban J connectivity index is 1.77. The third-order valence-corrected chi connectivity index (χ3v) is 4.18. The van der Waals surface area contributed by atoms with E-state index >= 15 is 0 Å². The van der Waals surface area contributed by atoms with Crippen LogP contribution in [0.25, 0.3) is 0 Å². The Hall–Kier alpha value is -1.22. The molecular weight excluding hydrogens is 238 g/mol. The van der Waals surface area contributed by atoms with Gasteiger partial charge in [-0.3, -0.25) is 0 Å². The number of anilines is 1. The second kappa shape index (κ2) is 5.04. The average Bonchev–Trinajstić information content (AvgIpc) is 3.22. The molecule has 0 spiro atoms. The first-order valence-corrected chi connectivity index (χ1v) is 7.39. The molecule has 3 nitrogen and oxygen atoms in total. The first-order valence-electron chi connectivity index (χ1n) is 7.39. The van der Waals surface area contributed by atoms with Gasteiger partial charge in [-0.15, -0.1) is 0 Å². The van der Waals surface area contributed by atoms with Crippen LogP contribution >= 0.6 is 0 Å². The Labute approximate surface area is 114 Å². The van der Waals surface area contributed by atoms with E-state index in [2.05, 4.69) is 4.90 Å². The van der Waals surface area contributed by atoms with E-state index in [1.807, 2.05) is 18.2 Å². The van der Waals surface area contributed by atoms with Crippen molar-refractivity contribution in [1.82, 2.24) is 0 Å². The van der Waals surface area contributed by atoms with Crippen LogP contribution in [-0.2, 0) is 0 Å². The molecule has 2 fully saturated rings. The maximum Gasteiger partial charge on any atom is 0.123 e. The minimum atomic E-state index is -0.616. The van der Waals surface area contributed by atoms with Crippen molar-refractivity contribution in [2.45, 2.75) is 38.7 Å². The lowest BCUT2D eigenvalue weighted by Gasteiger charge is -2.25. The van der Waals surface area contributed by atoms with Crippen molar-refractivity contribution in [3.8, 4) is 5.75 Å². The molecule has 1 unspecified atom stereocenters. The Bertz CT molecular complexity index is 436. The van der Waals surface area contributed by atoms with Crippen LogP contribution in [0.3, 0.4) is 0 Å². The fraction of sp³-hybridized carbons (Fsp3) is 0.625. The number of nitrogens with zero attached hydrogens (tertiary/aromatic N) is 1. The molecule has 2 saturated carbocycles. The Morgan fingerprint density at radius 1 is 1.16 bits per heavy atom. The van der Waals surface area contributed by atoms with Crippen molar-refractivity contribution in [3.05, 3.63) is 23.8 Å². The molecule has 1 atom stereocenters. The molecule has 104 valence electrons. The third kappa shape index (κ3) is 3.21. The van der Waals surface area contributed by atoms with Gasteiger partial charge in [0.2, 0.25) is 0 Å². The van der Waals surface area contributed by atoms with E-state index in [4.69, 9.17) is 0 Å². The first kappa shape index (κ1) is 12.8. The van der Waals surface area contributed by atoms with E-state index in [9.17, 15) is 10.2 Å². The standard InChI is InChI=1S/C16H23NO2/c1-11(18)15-7-6-14(8-16(15)19)17(9-12-2-3-12)10-13-4-5-13/h6-8,11-13,18-19H,2-5,9-10H2,1H3. The van der Waals surface area contributed by atoms with Gasteiger partial charge in [-0.1, -0.05) is 6.07 Å². The van der Waals surface area contributed by atoms with Gasteiger partial charge >= 0.3 is 0 Å². The van der Waals surface area contributed by atoms with E-state index in [1.165, 1.54) is 25.7 Å². The molecule has 2 aliphatic carbocycles. The summed E-state index contributed by atoms with van der Waals surface area (Å²) in [6.45, 7) is 3.91. The molecule has 3 rings (SSSR count). The van der Waals surface area contributed by atoms with E-state index in [0.29, 0.717) is 5.56 Å². The quantitative estimate of drug-likeness (QED) is 0.827. The first-order chi connectivity index (χ1) is 9.13. The molecule has 0 aliphatic heterocycles. The topological polar surface area (TPSA) is 43.7 Å². The number of phenolic OH excluding ortho intramolecular Hbond substituents is 1. The van der Waals surface area contributed by atoms with Crippen molar-refractivity contribution < 1.29 is 10.2 Å². The average molecular weight is 261 g/mol. The van der Waals surface area contributed by atoms with Gasteiger partial charge < -0.3 is 15.1 Å². The summed E-state index contributed by atoms with van der Waals surface area (Å²) in [6, 6.07) is 5.70. The van der Waals surface area contributed by atoms with Crippen LogP contribution in [0, 0.1) is 11.8 Å². The largest absolute Gasteiger partial charge is 0.507 e. The number of aromatic hydroxyl groups is 1. The molecule has 0 heterocycles. The van der Waals surface area contributed by atoms with Crippen LogP contribution in [0.5, 0.6) is 5.75 Å². The second-order valence-electron chi connectivity index (χ2n) is 6.21. The minimum absolute atomic E-state index is 0.212. The van der Waals surface area contributed by atoms with Gasteiger partial charge in [0.15, 0.2) is 0 Å². The second-order valence-corrected chi connectivity index (χ2v) is 6.21. The maximum atomic E-state index is 10.0. The molecule has 0 saturated heterocycles. The van der Waals surface area contributed by atoms with Gasteiger partial charge in [0, 0.05) is 30.4 Å². The van der Waals surface area contributed by atoms with E-state index < -0.39 is 6.10 Å². The van der Waals surface area contributed by atoms with E-state index in [-0.39, 0.29) is 5.75 Å². The van der Waals surface area contributed by atoms with Crippen molar-refractivity contribution >= 4 is 5.69 Å². The molecule has 0 amide bonds. The smallest absolute Gasteiger partial charge is 0.123 e. The molecule has 2 aliphatic rings.